The van der Waals surface area contributed by atoms with Gasteiger partial charge in [-0.05, 0) is 82.6 Å². The van der Waals surface area contributed by atoms with Crippen molar-refractivity contribution in [3.05, 3.63) is 23.8 Å². The van der Waals surface area contributed by atoms with Gasteiger partial charge in [0.05, 0.1) is 18.3 Å². The number of ether oxygens (including phenoxy) is 2. The fourth-order valence-corrected chi connectivity index (χ4v) is 10.4. The molecule has 7 N–H and O–H groups in total. The van der Waals surface area contributed by atoms with Crippen LogP contribution >= 0.6 is 0 Å². The van der Waals surface area contributed by atoms with Crippen LogP contribution in [-0.2, 0) is 23.9 Å². The van der Waals surface area contributed by atoms with Crippen LogP contribution in [0.15, 0.2) is 23.8 Å². The Bertz CT molecular complexity index is 1390. The van der Waals surface area contributed by atoms with Crippen molar-refractivity contribution in [2.45, 2.75) is 135 Å². The molecule has 4 aliphatic carbocycles. The van der Waals surface area contributed by atoms with Gasteiger partial charge in [0.1, 0.15) is 41.9 Å². The van der Waals surface area contributed by atoms with Crippen LogP contribution in [0.25, 0.3) is 0 Å². The predicted octanol–water partition coefficient (Wildman–Crippen LogP) is 0.753. The minimum atomic E-state index is -2.04. The molecule has 0 unspecified atom stereocenters. The summed E-state index contributed by atoms with van der Waals surface area (Å²) in [5.41, 5.74) is -6.36. The van der Waals surface area contributed by atoms with Crippen molar-refractivity contribution in [2.24, 2.45) is 39.4 Å². The quantitative estimate of drug-likeness (QED) is 0.147. The Morgan fingerprint density at radius 1 is 1.00 bits per heavy atom. The molecule has 0 spiro atoms. The number of hydrogen-bond donors (Lipinski definition) is 7. The smallest absolute Gasteiger partial charge is 0.187 e. The maximum Gasteiger partial charge on any atom is 0.187 e. The second-order valence-corrected chi connectivity index (χ2v) is 17.0. The zero-order chi connectivity index (χ0) is 36.2. The Labute approximate surface area is 281 Å². The van der Waals surface area contributed by atoms with Gasteiger partial charge in [-0.3, -0.25) is 14.4 Å². The third-order valence-electron chi connectivity index (χ3n) is 13.3. The number of hydrogen-bond acceptors (Lipinski definition) is 12. The first-order valence-electron chi connectivity index (χ1n) is 17.0. The minimum absolute atomic E-state index is 0.0345. The Kier molecular flexibility index (Phi) is 9.23. The molecule has 3 saturated carbocycles. The number of allylic oxidation sites excluding steroid dienone is 2. The van der Waals surface area contributed by atoms with Crippen molar-refractivity contribution in [2.75, 3.05) is 6.61 Å². The van der Waals surface area contributed by atoms with Crippen molar-refractivity contribution in [1.29, 1.82) is 0 Å². The van der Waals surface area contributed by atoms with E-state index in [1.807, 2.05) is 26.8 Å². The van der Waals surface area contributed by atoms with Crippen molar-refractivity contribution < 1.29 is 59.6 Å². The van der Waals surface area contributed by atoms with Crippen LogP contribution in [0.2, 0.25) is 0 Å². The Hall–Kier alpha value is -1.87. The Balaban J connectivity index is 1.51. The van der Waals surface area contributed by atoms with Gasteiger partial charge in [-0.25, -0.2) is 0 Å². The monoisotopic (exact) mass is 678 g/mol. The van der Waals surface area contributed by atoms with Gasteiger partial charge < -0.3 is 45.2 Å². The Morgan fingerprint density at radius 3 is 2.21 bits per heavy atom. The molecule has 48 heavy (non-hydrogen) atoms. The molecule has 0 amide bonds. The van der Waals surface area contributed by atoms with Crippen molar-refractivity contribution in [1.82, 2.24) is 0 Å². The van der Waals surface area contributed by atoms with Crippen LogP contribution in [0.3, 0.4) is 0 Å². The Morgan fingerprint density at radius 2 is 1.62 bits per heavy atom. The number of carbonyl (C=O) groups excluding carboxylic acids is 3. The van der Waals surface area contributed by atoms with Crippen molar-refractivity contribution in [3.63, 3.8) is 0 Å². The van der Waals surface area contributed by atoms with Crippen LogP contribution in [-0.4, -0.2) is 114 Å². The van der Waals surface area contributed by atoms with Crippen LogP contribution < -0.4 is 0 Å². The van der Waals surface area contributed by atoms with E-state index in [0.29, 0.717) is 6.42 Å². The van der Waals surface area contributed by atoms with E-state index in [0.717, 1.165) is 11.6 Å². The van der Waals surface area contributed by atoms with Crippen LogP contribution in [0.5, 0.6) is 0 Å². The minimum Gasteiger partial charge on any atom is -0.394 e. The molecule has 5 aliphatic rings. The number of rotatable bonds is 7. The number of carbonyl (C=O) groups is 3. The first kappa shape index (κ1) is 37.4. The summed E-state index contributed by atoms with van der Waals surface area (Å²) in [5.74, 6) is -2.91. The van der Waals surface area contributed by atoms with Gasteiger partial charge in [0.15, 0.2) is 17.9 Å². The largest absolute Gasteiger partial charge is 0.394 e. The summed E-state index contributed by atoms with van der Waals surface area (Å²) in [6.45, 7) is 13.0. The molecule has 0 aromatic rings. The van der Waals surface area contributed by atoms with Crippen LogP contribution in [0.4, 0.5) is 0 Å². The highest BCUT2D eigenvalue weighted by Gasteiger charge is 2.74. The van der Waals surface area contributed by atoms with E-state index >= 15 is 0 Å². The van der Waals surface area contributed by atoms with Gasteiger partial charge in [0.2, 0.25) is 0 Å². The molecule has 0 aromatic heterocycles. The van der Waals surface area contributed by atoms with E-state index in [1.54, 1.807) is 13.8 Å². The molecule has 1 heterocycles. The summed E-state index contributed by atoms with van der Waals surface area (Å²) in [4.78, 5) is 42.0. The lowest BCUT2D eigenvalue weighted by molar-refractivity contribution is -0.311. The molecule has 4 fully saturated rings. The molecule has 270 valence electrons. The molecular formula is C36H54O12. The molecule has 0 bridgehead atoms. The van der Waals surface area contributed by atoms with E-state index < -0.39 is 100 Å². The SMILES string of the molecule is CC(C)(O)C=CC(=O)[C@](C)(O)[C@H]1[C@H](O)C[C@@]2(C)[C@@H]3CC=C4[C@@H](C[C@H](O[C@@H]5O[C@H](CO)[C@@H](O)[C@H](O)[C@H]5O)C(=O)C4(C)C)[C@]3(C)C(=O)C[C@]12C. The van der Waals surface area contributed by atoms with Gasteiger partial charge in [-0.1, -0.05) is 38.5 Å². The number of aliphatic hydroxyl groups excluding tert-OH is 5. The zero-order valence-electron chi connectivity index (χ0n) is 29.2. The average molecular weight is 679 g/mol. The summed E-state index contributed by atoms with van der Waals surface area (Å²) in [5, 5.41) is 74.5. The summed E-state index contributed by atoms with van der Waals surface area (Å²) in [6, 6.07) is 0. The lowest BCUT2D eigenvalue weighted by Crippen LogP contribution is -2.66. The molecular weight excluding hydrogens is 624 g/mol. The maximum atomic E-state index is 14.7. The molecule has 14 atom stereocenters. The third-order valence-corrected chi connectivity index (χ3v) is 13.3. The normalized spacial score (nSPS) is 47.2. The van der Waals surface area contributed by atoms with Crippen molar-refractivity contribution >= 4 is 17.3 Å². The van der Waals surface area contributed by atoms with E-state index in [4.69, 9.17) is 9.47 Å². The third kappa shape index (κ3) is 5.33. The highest BCUT2D eigenvalue weighted by atomic mass is 16.7. The molecule has 1 saturated heterocycles. The summed E-state index contributed by atoms with van der Waals surface area (Å²) < 4.78 is 11.6. The van der Waals surface area contributed by atoms with E-state index in [1.165, 1.54) is 26.8 Å². The molecule has 12 nitrogen and oxygen atoms in total. The maximum absolute atomic E-state index is 14.7. The topological polar surface area (TPSA) is 211 Å². The standard InChI is InChI=1S/C36H54O12/c1-31(2,45)12-11-23(39)36(8,46)28-19(38)14-33(5)22-10-9-17-18(35(22,7)24(40)15-34(28,33)6)13-20(29(44)32(17,3)4)47-30-27(43)26(42)25(41)21(16-37)48-30/h9,11-12,18-22,25-28,30,37-38,41-43,45-46H,10,13-16H2,1-8H3/t18-,19-,20+,21-,22+,25-,26+,27-,28+,30-,33+,34-,35+,36+/m1/s1. The lowest BCUT2D eigenvalue weighted by Gasteiger charge is -2.64. The highest BCUT2D eigenvalue weighted by Crippen LogP contribution is 2.74. The molecule has 1 aliphatic heterocycles. The van der Waals surface area contributed by atoms with Crippen molar-refractivity contribution in [3.8, 4) is 0 Å². The number of Topliss-reactive ketones (excluding diaryl/α,β-unsaturated/α-hetero) is 2. The van der Waals surface area contributed by atoms with Gasteiger partial charge in [0, 0.05) is 23.2 Å². The highest BCUT2D eigenvalue weighted by molar-refractivity contribution is 5.98. The summed E-state index contributed by atoms with van der Waals surface area (Å²) >= 11 is 0. The summed E-state index contributed by atoms with van der Waals surface area (Å²) in [7, 11) is 0. The summed E-state index contributed by atoms with van der Waals surface area (Å²) in [6.07, 6.45) is -4.87. The first-order chi connectivity index (χ1) is 21.9. The van der Waals surface area contributed by atoms with E-state index in [2.05, 4.69) is 0 Å². The molecule has 12 heteroatoms. The van der Waals surface area contributed by atoms with E-state index in [-0.39, 0.29) is 36.7 Å². The second-order valence-electron chi connectivity index (χ2n) is 17.0. The predicted molar refractivity (Wildman–Crippen MR) is 171 cm³/mol. The lowest BCUT2D eigenvalue weighted by atomic mass is 9.38. The number of aliphatic hydroxyl groups is 7. The first-order valence-corrected chi connectivity index (χ1v) is 17.0. The molecule has 5 rings (SSSR count). The number of fused-ring (bicyclic) bond motifs is 5. The fourth-order valence-electron chi connectivity index (χ4n) is 10.4. The van der Waals surface area contributed by atoms with Gasteiger partial charge in [-0.2, -0.15) is 0 Å². The molecule has 0 radical (unpaired) electrons. The van der Waals surface area contributed by atoms with Crippen LogP contribution in [0.1, 0.15) is 81.1 Å². The van der Waals surface area contributed by atoms with Gasteiger partial charge in [0.25, 0.3) is 0 Å². The molecule has 0 aromatic carbocycles. The van der Waals surface area contributed by atoms with Gasteiger partial charge >= 0.3 is 0 Å². The van der Waals surface area contributed by atoms with E-state index in [9.17, 15) is 50.1 Å². The fraction of sp³-hybridized carbons (Fsp3) is 0.806. The van der Waals surface area contributed by atoms with Gasteiger partial charge in [-0.15, -0.1) is 0 Å². The van der Waals surface area contributed by atoms with Crippen LogP contribution in [0, 0.1) is 39.4 Å². The number of ketones is 3. The average Bonchev–Trinajstić information content (AvgIpc) is 3.19. The zero-order valence-corrected chi connectivity index (χ0v) is 29.2. The second kappa shape index (κ2) is 11.8.